The van der Waals surface area contributed by atoms with Crippen LogP contribution in [-0.2, 0) is 0 Å². The van der Waals surface area contributed by atoms with Gasteiger partial charge in [0.15, 0.2) is 0 Å². The lowest BCUT2D eigenvalue weighted by atomic mass is 9.86. The lowest BCUT2D eigenvalue weighted by Crippen LogP contribution is -2.42. The number of amides is 2. The molecule has 6 nitrogen and oxygen atoms in total. The molecule has 5 rings (SSSR count). The first kappa shape index (κ1) is 21.9. The Bertz CT molecular complexity index is 1020. The molecule has 3 aliphatic rings. The highest BCUT2D eigenvalue weighted by atomic mass is 19.1. The highest BCUT2D eigenvalue weighted by Crippen LogP contribution is 2.43. The smallest absolute Gasteiger partial charge is 0.340 e. The molecule has 2 aromatic rings. The molecule has 0 aliphatic carbocycles. The number of halogens is 1. The van der Waals surface area contributed by atoms with E-state index in [0.717, 1.165) is 37.3 Å². The van der Waals surface area contributed by atoms with Gasteiger partial charge in [-0.05, 0) is 62.7 Å². The van der Waals surface area contributed by atoms with Gasteiger partial charge in [0.1, 0.15) is 11.6 Å². The number of carbonyl (C=O) groups excluding carboxylic acids is 1. The van der Waals surface area contributed by atoms with Gasteiger partial charge in [-0.15, -0.1) is 0 Å². The monoisotopic (exact) mass is 450 g/mol. The third-order valence-corrected chi connectivity index (χ3v) is 6.93. The summed E-state index contributed by atoms with van der Waals surface area (Å²) in [5.74, 6) is 0.131. The molecule has 33 heavy (non-hydrogen) atoms. The van der Waals surface area contributed by atoms with Crippen LogP contribution in [0.5, 0.6) is 5.75 Å². The molecule has 0 radical (unpaired) electrons. The van der Waals surface area contributed by atoms with Crippen molar-refractivity contribution in [2.75, 3.05) is 39.8 Å². The predicted molar refractivity (Wildman–Crippen MR) is 126 cm³/mol. The zero-order valence-electron chi connectivity index (χ0n) is 19.1. The fourth-order valence-electron chi connectivity index (χ4n) is 5.17. The number of hydrogen-bond acceptors (Lipinski definition) is 4. The zero-order valence-corrected chi connectivity index (χ0v) is 19.1. The first-order valence-corrected chi connectivity index (χ1v) is 11.9. The maximum Gasteiger partial charge on any atom is 0.340 e. The van der Waals surface area contributed by atoms with Crippen LogP contribution in [0.2, 0.25) is 0 Å². The quantitative estimate of drug-likeness (QED) is 0.673. The molecule has 1 saturated heterocycles. The molecule has 2 amide bonds. The fraction of sp³-hybridized carbons (Fsp3) is 0.462. The predicted octanol–water partition coefficient (Wildman–Crippen LogP) is 4.52. The van der Waals surface area contributed by atoms with E-state index in [9.17, 15) is 9.18 Å². The van der Waals surface area contributed by atoms with Gasteiger partial charge < -0.3 is 14.5 Å². The van der Waals surface area contributed by atoms with Crippen molar-refractivity contribution in [3.8, 4) is 5.75 Å². The minimum atomic E-state index is -0.337. The summed E-state index contributed by atoms with van der Waals surface area (Å²) >= 11 is 0. The van der Waals surface area contributed by atoms with Gasteiger partial charge in [-0.1, -0.05) is 36.8 Å². The van der Waals surface area contributed by atoms with Gasteiger partial charge in [0.2, 0.25) is 0 Å². The largest absolute Gasteiger partial charge is 0.492 e. The molecule has 0 saturated carbocycles. The summed E-state index contributed by atoms with van der Waals surface area (Å²) in [6.45, 7) is 4.40. The molecular formula is C26H31FN4O2. The van der Waals surface area contributed by atoms with Crippen LogP contribution in [0.25, 0.3) is 0 Å². The molecule has 2 unspecified atom stereocenters. The fourth-order valence-corrected chi connectivity index (χ4v) is 5.17. The van der Waals surface area contributed by atoms with Gasteiger partial charge in [-0.25, -0.2) is 14.2 Å². The van der Waals surface area contributed by atoms with Gasteiger partial charge in [0, 0.05) is 19.2 Å². The Labute approximate surface area is 194 Å². The van der Waals surface area contributed by atoms with Crippen LogP contribution in [0.3, 0.4) is 0 Å². The maximum absolute atomic E-state index is 14.0. The molecule has 0 spiro atoms. The van der Waals surface area contributed by atoms with Gasteiger partial charge in [-0.3, -0.25) is 0 Å². The minimum absolute atomic E-state index is 0.137. The Morgan fingerprint density at radius 1 is 1.15 bits per heavy atom. The highest BCUT2D eigenvalue weighted by Gasteiger charge is 2.45. The highest BCUT2D eigenvalue weighted by molar-refractivity contribution is 6.07. The first-order chi connectivity index (χ1) is 16.1. The number of nitrogens with zero attached hydrogens (tertiary/aromatic N) is 4. The number of likely N-dealkylation sites (tertiary alicyclic amines) is 1. The van der Waals surface area contributed by atoms with E-state index in [1.165, 1.54) is 31.4 Å². The second-order valence-electron chi connectivity index (χ2n) is 9.20. The Morgan fingerprint density at radius 2 is 1.94 bits per heavy atom. The van der Waals surface area contributed by atoms with E-state index in [2.05, 4.69) is 4.90 Å². The number of hydrogen-bond donors (Lipinski definition) is 0. The van der Waals surface area contributed by atoms with Crippen molar-refractivity contribution >= 4 is 11.7 Å². The summed E-state index contributed by atoms with van der Waals surface area (Å²) in [5.41, 5.74) is 2.36. The number of piperidine rings is 1. The van der Waals surface area contributed by atoms with Crippen molar-refractivity contribution in [2.24, 2.45) is 11.0 Å². The average molecular weight is 451 g/mol. The van der Waals surface area contributed by atoms with Gasteiger partial charge in [-0.2, -0.15) is 5.10 Å². The van der Waals surface area contributed by atoms with Crippen LogP contribution in [0, 0.1) is 11.7 Å². The third kappa shape index (κ3) is 4.47. The van der Waals surface area contributed by atoms with E-state index in [1.807, 2.05) is 37.4 Å². The Hall–Kier alpha value is -2.93. The number of ether oxygens (including phenoxy) is 1. The van der Waals surface area contributed by atoms with E-state index in [1.54, 1.807) is 16.0 Å². The molecule has 0 N–H and O–H groups in total. The molecule has 3 aliphatic heterocycles. The Kier molecular flexibility index (Phi) is 6.31. The Morgan fingerprint density at radius 3 is 2.73 bits per heavy atom. The molecule has 0 bridgehead atoms. The summed E-state index contributed by atoms with van der Waals surface area (Å²) < 4.78 is 20.0. The van der Waals surface area contributed by atoms with E-state index < -0.39 is 0 Å². The number of carbonyl (C=O) groups is 1. The summed E-state index contributed by atoms with van der Waals surface area (Å²) in [4.78, 5) is 17.8. The normalized spacial score (nSPS) is 22.2. The summed E-state index contributed by atoms with van der Waals surface area (Å²) in [5, 5.41) is 6.35. The van der Waals surface area contributed by atoms with Crippen LogP contribution < -0.4 is 4.74 Å². The standard InChI is InChI=1S/C26H31FN4O2/c1-29(13-8-16-30-14-6-3-7-15-30)26(32)31-25(19-9-4-2-5-10-19)22-18-33-23-12-11-20(27)17-21(23)24(22)28-31/h2,4-5,9-12,17,22,25H,3,6-8,13-16,18H2,1H3. The second-order valence-corrected chi connectivity index (χ2v) is 9.20. The number of rotatable bonds is 5. The Balaban J connectivity index is 1.37. The minimum Gasteiger partial charge on any atom is -0.492 e. The van der Waals surface area contributed by atoms with Crippen LogP contribution in [-0.4, -0.2) is 66.4 Å². The topological polar surface area (TPSA) is 48.4 Å². The molecule has 2 atom stereocenters. The van der Waals surface area contributed by atoms with Crippen LogP contribution in [0.4, 0.5) is 9.18 Å². The van der Waals surface area contributed by atoms with Crippen LogP contribution >= 0.6 is 0 Å². The van der Waals surface area contributed by atoms with E-state index in [4.69, 9.17) is 9.84 Å². The lowest BCUT2D eigenvalue weighted by Gasteiger charge is -2.32. The van der Waals surface area contributed by atoms with Crippen molar-refractivity contribution < 1.29 is 13.9 Å². The number of hydrazone groups is 1. The summed E-state index contributed by atoms with van der Waals surface area (Å²) in [7, 11) is 1.84. The van der Waals surface area contributed by atoms with Gasteiger partial charge >= 0.3 is 6.03 Å². The molecule has 3 heterocycles. The molecule has 2 aromatic carbocycles. The SMILES string of the molecule is CN(CCCN1CCCCC1)C(=O)N1N=C2c3cc(F)ccc3OCC2C1c1ccccc1. The van der Waals surface area contributed by atoms with Crippen molar-refractivity contribution in [2.45, 2.75) is 31.7 Å². The van der Waals surface area contributed by atoms with Crippen molar-refractivity contribution in [3.05, 3.63) is 65.5 Å². The molecule has 174 valence electrons. The number of fused-ring (bicyclic) bond motifs is 3. The van der Waals surface area contributed by atoms with Crippen molar-refractivity contribution in [1.29, 1.82) is 0 Å². The van der Waals surface area contributed by atoms with Gasteiger partial charge in [0.25, 0.3) is 0 Å². The molecule has 1 fully saturated rings. The molecular weight excluding hydrogens is 419 g/mol. The lowest BCUT2D eigenvalue weighted by molar-refractivity contribution is 0.131. The van der Waals surface area contributed by atoms with E-state index >= 15 is 0 Å². The first-order valence-electron chi connectivity index (χ1n) is 11.9. The third-order valence-electron chi connectivity index (χ3n) is 6.93. The van der Waals surface area contributed by atoms with Gasteiger partial charge in [0.05, 0.1) is 24.3 Å². The number of urea groups is 1. The van der Waals surface area contributed by atoms with Crippen LogP contribution in [0.15, 0.2) is 53.6 Å². The average Bonchev–Trinajstić information content (AvgIpc) is 3.25. The van der Waals surface area contributed by atoms with Crippen molar-refractivity contribution in [1.82, 2.24) is 14.8 Å². The maximum atomic E-state index is 14.0. The van der Waals surface area contributed by atoms with E-state index in [-0.39, 0.29) is 23.8 Å². The zero-order chi connectivity index (χ0) is 22.8. The van der Waals surface area contributed by atoms with Crippen LogP contribution in [0.1, 0.15) is 42.9 Å². The summed E-state index contributed by atoms with van der Waals surface area (Å²) in [6, 6.07) is 14.0. The molecule has 0 aromatic heterocycles. The summed E-state index contributed by atoms with van der Waals surface area (Å²) in [6.07, 6.45) is 4.79. The van der Waals surface area contributed by atoms with E-state index in [0.29, 0.717) is 24.5 Å². The van der Waals surface area contributed by atoms with Crippen molar-refractivity contribution in [3.63, 3.8) is 0 Å². The number of benzene rings is 2. The second kappa shape index (κ2) is 9.51. The molecule has 7 heteroatoms.